The van der Waals surface area contributed by atoms with Gasteiger partial charge in [0.25, 0.3) is 5.91 Å². The second-order valence-corrected chi connectivity index (χ2v) is 11.3. The molecule has 2 aliphatic heterocycles. The molecule has 2 saturated heterocycles. The van der Waals surface area contributed by atoms with Crippen molar-refractivity contribution in [3.63, 3.8) is 0 Å². The molecule has 7 nitrogen and oxygen atoms in total. The molecule has 2 heterocycles. The van der Waals surface area contributed by atoms with Crippen molar-refractivity contribution in [3.05, 3.63) is 33.8 Å². The molecule has 0 aromatic heterocycles. The van der Waals surface area contributed by atoms with E-state index in [9.17, 15) is 14.4 Å². The van der Waals surface area contributed by atoms with Gasteiger partial charge in [-0.2, -0.15) is 0 Å². The molecule has 1 spiro atoms. The number of likely N-dealkylation sites (N-methyl/N-ethyl adjacent to an activating group) is 1. The fraction of sp³-hybridized carbons (Fsp3) is 0.654. The van der Waals surface area contributed by atoms with Crippen LogP contribution in [0.5, 0.6) is 0 Å². The highest BCUT2D eigenvalue weighted by molar-refractivity contribution is 6.35. The van der Waals surface area contributed by atoms with Crippen molar-refractivity contribution < 1.29 is 14.4 Å². The number of nitrogens with one attached hydrogen (secondary N) is 1. The highest BCUT2D eigenvalue weighted by Gasteiger charge is 2.39. The number of rotatable bonds is 6. The largest absolute Gasteiger partial charge is 0.341 e. The molecule has 3 amide bonds. The first-order valence-corrected chi connectivity index (χ1v) is 13.5. The average Bonchev–Trinajstić information content (AvgIpc) is 3.29. The fourth-order valence-electron chi connectivity index (χ4n) is 5.71. The first kappa shape index (κ1) is 26.2. The molecule has 3 aliphatic rings. The number of amides is 3. The van der Waals surface area contributed by atoms with E-state index >= 15 is 0 Å². The lowest BCUT2D eigenvalue weighted by atomic mass is 9.77. The van der Waals surface area contributed by atoms with Crippen molar-refractivity contribution in [1.82, 2.24) is 20.0 Å². The average molecular weight is 524 g/mol. The van der Waals surface area contributed by atoms with Crippen LogP contribution in [0.25, 0.3) is 0 Å². The summed E-state index contributed by atoms with van der Waals surface area (Å²) in [5, 5.41) is 3.60. The number of carbonyl (C=O) groups excluding carboxylic acids is 3. The van der Waals surface area contributed by atoms with Gasteiger partial charge in [-0.05, 0) is 62.8 Å². The summed E-state index contributed by atoms with van der Waals surface area (Å²) >= 11 is 12.2. The van der Waals surface area contributed by atoms with Crippen molar-refractivity contribution in [2.45, 2.75) is 57.4 Å². The molecular formula is C26H36Cl2N4O3. The fourth-order valence-corrected chi connectivity index (χ4v) is 6.24. The molecule has 4 rings (SSSR count). The molecule has 1 aliphatic carbocycles. The van der Waals surface area contributed by atoms with Crippen molar-refractivity contribution >= 4 is 40.9 Å². The third-order valence-corrected chi connectivity index (χ3v) is 8.47. The predicted molar refractivity (Wildman–Crippen MR) is 138 cm³/mol. The van der Waals surface area contributed by atoms with E-state index < -0.39 is 11.9 Å². The van der Waals surface area contributed by atoms with Crippen LogP contribution in [0.15, 0.2) is 18.2 Å². The van der Waals surface area contributed by atoms with Crippen LogP contribution in [0, 0.1) is 5.41 Å². The number of carbonyl (C=O) groups is 3. The molecule has 0 unspecified atom stereocenters. The minimum absolute atomic E-state index is 0.0273. The SMILES string of the molecule is CN1CCN(C(=O)CC[C@@H](NC(=O)c2cc(Cl)cc(Cl)c2)C(=O)N2CCC3(CCCC3)CC2)CC1. The van der Waals surface area contributed by atoms with Crippen LogP contribution in [-0.4, -0.2) is 84.8 Å². The standard InChI is InChI=1S/C26H36Cl2N4O3/c1-30-12-14-31(15-13-30)23(33)5-4-22(29-24(34)19-16-20(27)18-21(28)17-19)25(35)32-10-8-26(9-11-32)6-2-3-7-26/h16-18,22H,2-15H2,1H3,(H,29,34)/t22-/m1/s1. The Hall–Kier alpha value is -1.83. The Bertz CT molecular complexity index is 912. The predicted octanol–water partition coefficient (Wildman–Crippen LogP) is 3.83. The van der Waals surface area contributed by atoms with E-state index in [0.717, 1.165) is 25.9 Å². The number of piperidine rings is 1. The molecule has 1 aromatic carbocycles. The van der Waals surface area contributed by atoms with Crippen LogP contribution in [0.3, 0.4) is 0 Å². The number of benzene rings is 1. The maximum Gasteiger partial charge on any atom is 0.252 e. The number of hydrogen-bond acceptors (Lipinski definition) is 4. The van der Waals surface area contributed by atoms with Crippen LogP contribution in [0.2, 0.25) is 10.0 Å². The van der Waals surface area contributed by atoms with Gasteiger partial charge in [-0.15, -0.1) is 0 Å². The van der Waals surface area contributed by atoms with Crippen LogP contribution < -0.4 is 5.32 Å². The summed E-state index contributed by atoms with van der Waals surface area (Å²) in [6.45, 7) is 4.48. The maximum atomic E-state index is 13.6. The number of likely N-dealkylation sites (tertiary alicyclic amines) is 1. The quantitative estimate of drug-likeness (QED) is 0.616. The molecule has 0 radical (unpaired) electrons. The van der Waals surface area contributed by atoms with E-state index in [-0.39, 0.29) is 24.7 Å². The molecule has 9 heteroatoms. The summed E-state index contributed by atoms with van der Waals surface area (Å²) < 4.78 is 0. The summed E-state index contributed by atoms with van der Waals surface area (Å²) in [4.78, 5) is 45.4. The molecule has 1 atom stereocenters. The molecule has 3 fully saturated rings. The Kier molecular flexibility index (Phi) is 8.61. The van der Waals surface area contributed by atoms with E-state index in [1.165, 1.54) is 37.8 Å². The van der Waals surface area contributed by atoms with E-state index in [1.807, 2.05) is 16.8 Å². The highest BCUT2D eigenvalue weighted by Crippen LogP contribution is 2.46. The van der Waals surface area contributed by atoms with Gasteiger partial charge in [0.1, 0.15) is 6.04 Å². The zero-order chi connectivity index (χ0) is 25.0. The van der Waals surface area contributed by atoms with Crippen molar-refractivity contribution in [2.24, 2.45) is 5.41 Å². The minimum atomic E-state index is -0.769. The molecule has 192 valence electrons. The van der Waals surface area contributed by atoms with Crippen LogP contribution in [0.4, 0.5) is 0 Å². The molecule has 1 saturated carbocycles. The van der Waals surface area contributed by atoms with Gasteiger partial charge in [-0.1, -0.05) is 36.0 Å². The summed E-state index contributed by atoms with van der Waals surface area (Å²) in [5.41, 5.74) is 0.694. The number of halogens is 2. The second-order valence-electron chi connectivity index (χ2n) is 10.4. The minimum Gasteiger partial charge on any atom is -0.341 e. The first-order chi connectivity index (χ1) is 16.7. The summed E-state index contributed by atoms with van der Waals surface area (Å²) in [7, 11) is 2.04. The Labute approximate surface area is 218 Å². The smallest absolute Gasteiger partial charge is 0.252 e. The Morgan fingerprint density at radius 2 is 1.49 bits per heavy atom. The highest BCUT2D eigenvalue weighted by atomic mass is 35.5. The van der Waals surface area contributed by atoms with Crippen LogP contribution in [0.1, 0.15) is 61.7 Å². The molecule has 1 N–H and O–H groups in total. The molecule has 0 bridgehead atoms. The van der Waals surface area contributed by atoms with E-state index in [2.05, 4.69) is 10.2 Å². The molecule has 35 heavy (non-hydrogen) atoms. The van der Waals surface area contributed by atoms with Gasteiger partial charge >= 0.3 is 0 Å². The topological polar surface area (TPSA) is 73.0 Å². The lowest BCUT2D eigenvalue weighted by Crippen LogP contribution is -2.52. The Morgan fingerprint density at radius 1 is 0.886 bits per heavy atom. The van der Waals surface area contributed by atoms with E-state index in [0.29, 0.717) is 47.2 Å². The first-order valence-electron chi connectivity index (χ1n) is 12.8. The maximum absolute atomic E-state index is 13.6. The van der Waals surface area contributed by atoms with Gasteiger partial charge in [-0.3, -0.25) is 14.4 Å². The van der Waals surface area contributed by atoms with Gasteiger partial charge in [0.05, 0.1) is 0 Å². The molecular weight excluding hydrogens is 487 g/mol. The lowest BCUT2D eigenvalue weighted by Gasteiger charge is -2.40. The zero-order valence-electron chi connectivity index (χ0n) is 20.5. The monoisotopic (exact) mass is 522 g/mol. The van der Waals surface area contributed by atoms with Gasteiger partial charge in [0, 0.05) is 61.3 Å². The summed E-state index contributed by atoms with van der Waals surface area (Å²) in [6.07, 6.45) is 7.59. The van der Waals surface area contributed by atoms with Crippen molar-refractivity contribution in [3.8, 4) is 0 Å². The van der Waals surface area contributed by atoms with Crippen molar-refractivity contribution in [1.29, 1.82) is 0 Å². The van der Waals surface area contributed by atoms with Crippen LogP contribution >= 0.6 is 23.2 Å². The van der Waals surface area contributed by atoms with Gasteiger partial charge in [0.15, 0.2) is 0 Å². The number of piperazine rings is 1. The normalized spacial score (nSPS) is 21.2. The second kappa shape index (κ2) is 11.5. The summed E-state index contributed by atoms with van der Waals surface area (Å²) in [6, 6.07) is 3.85. The Balaban J connectivity index is 1.42. The van der Waals surface area contributed by atoms with E-state index in [4.69, 9.17) is 23.2 Å². The van der Waals surface area contributed by atoms with Gasteiger partial charge in [0.2, 0.25) is 11.8 Å². The lowest BCUT2D eigenvalue weighted by molar-refractivity contribution is -0.136. The third kappa shape index (κ3) is 6.69. The summed E-state index contributed by atoms with van der Waals surface area (Å²) in [5.74, 6) is -0.492. The van der Waals surface area contributed by atoms with Gasteiger partial charge in [-0.25, -0.2) is 0 Å². The molecule has 1 aromatic rings. The Morgan fingerprint density at radius 3 is 2.09 bits per heavy atom. The van der Waals surface area contributed by atoms with Crippen LogP contribution in [-0.2, 0) is 9.59 Å². The number of nitrogens with zero attached hydrogens (tertiary/aromatic N) is 3. The third-order valence-electron chi connectivity index (χ3n) is 8.03. The van der Waals surface area contributed by atoms with Gasteiger partial charge < -0.3 is 20.0 Å². The number of hydrogen-bond donors (Lipinski definition) is 1. The van der Waals surface area contributed by atoms with E-state index in [1.54, 1.807) is 6.07 Å². The van der Waals surface area contributed by atoms with Crippen molar-refractivity contribution in [2.75, 3.05) is 46.3 Å². The zero-order valence-corrected chi connectivity index (χ0v) is 22.0.